The van der Waals surface area contributed by atoms with Gasteiger partial charge >= 0.3 is 5.97 Å². The Morgan fingerprint density at radius 2 is 0.791 bits per heavy atom. The Kier molecular flexibility index (Phi) is 60.9. The lowest BCUT2D eigenvalue weighted by Gasteiger charge is -2.40. The average Bonchev–Trinajstić information content (AvgIpc) is 2.53. The first-order valence-electron chi connectivity index (χ1n) is 36.9. The molecule has 6 N–H and O–H groups in total. The summed E-state index contributed by atoms with van der Waals surface area (Å²) in [4.78, 5) is 25.1. The third-order valence-corrected chi connectivity index (χ3v) is 17.4. The molecular weight excluding hydrogens is 1070 g/mol. The molecule has 1 amide bonds. The van der Waals surface area contributed by atoms with Crippen molar-refractivity contribution in [3.63, 3.8) is 0 Å². The number of unbranched alkanes of at least 4 members (excludes halogenated alkanes) is 45. The third kappa shape index (κ3) is 52.4. The maximum absolute atomic E-state index is 13.0. The Balaban J connectivity index is 1.91. The van der Waals surface area contributed by atoms with Gasteiger partial charge in [-0.25, -0.2) is 0 Å². The van der Waals surface area contributed by atoms with Crippen LogP contribution in [0.3, 0.4) is 0 Å². The Labute approximate surface area is 529 Å². The second-order valence-electron chi connectivity index (χ2n) is 25.6. The molecule has 0 bridgehead atoms. The predicted molar refractivity (Wildman–Crippen MR) is 361 cm³/mol. The highest BCUT2D eigenvalue weighted by atomic mass is 16.7. The van der Waals surface area contributed by atoms with E-state index < -0.39 is 49.5 Å². The molecule has 1 heterocycles. The van der Waals surface area contributed by atoms with Crippen molar-refractivity contribution in [3.8, 4) is 0 Å². The van der Waals surface area contributed by atoms with Crippen LogP contribution >= 0.6 is 0 Å². The van der Waals surface area contributed by atoms with Gasteiger partial charge in [0.2, 0.25) is 5.91 Å². The van der Waals surface area contributed by atoms with Crippen molar-refractivity contribution in [1.29, 1.82) is 0 Å². The van der Waals surface area contributed by atoms with E-state index in [0.29, 0.717) is 19.4 Å². The zero-order valence-electron chi connectivity index (χ0n) is 56.0. The van der Waals surface area contributed by atoms with Crippen LogP contribution in [-0.2, 0) is 23.8 Å². The van der Waals surface area contributed by atoms with E-state index in [4.69, 9.17) is 14.2 Å². The highest BCUT2D eigenvalue weighted by molar-refractivity contribution is 5.76. The highest BCUT2D eigenvalue weighted by Crippen LogP contribution is 2.23. The molecule has 86 heavy (non-hydrogen) atoms. The van der Waals surface area contributed by atoms with Crippen LogP contribution in [0.4, 0.5) is 0 Å². The number of aliphatic hydroxyl groups excluding tert-OH is 5. The first kappa shape index (κ1) is 81.6. The maximum atomic E-state index is 13.0. The van der Waals surface area contributed by atoms with Gasteiger partial charge in [0.25, 0.3) is 0 Å². The van der Waals surface area contributed by atoms with E-state index >= 15 is 0 Å². The van der Waals surface area contributed by atoms with Crippen molar-refractivity contribution in [2.75, 3.05) is 19.8 Å². The molecule has 0 saturated carbocycles. The van der Waals surface area contributed by atoms with Gasteiger partial charge in [-0.2, -0.15) is 0 Å². The molecule has 7 atom stereocenters. The smallest absolute Gasteiger partial charge is 0.305 e. The number of hydrogen-bond donors (Lipinski definition) is 6. The van der Waals surface area contributed by atoms with Gasteiger partial charge in [-0.15, -0.1) is 0 Å². The van der Waals surface area contributed by atoms with Gasteiger partial charge < -0.3 is 45.1 Å². The fourth-order valence-electron chi connectivity index (χ4n) is 11.6. The zero-order valence-corrected chi connectivity index (χ0v) is 56.0. The second-order valence-corrected chi connectivity index (χ2v) is 25.6. The first-order chi connectivity index (χ1) is 42.2. The van der Waals surface area contributed by atoms with Crippen LogP contribution in [0.5, 0.6) is 0 Å². The van der Waals surface area contributed by atoms with Gasteiger partial charge in [0.15, 0.2) is 6.29 Å². The minimum atomic E-state index is -1.58. The number of carbonyl (C=O) groups excluding carboxylic acids is 2. The van der Waals surface area contributed by atoms with E-state index in [1.807, 2.05) is 6.08 Å². The van der Waals surface area contributed by atoms with Crippen LogP contribution in [-0.4, -0.2) is 100 Å². The van der Waals surface area contributed by atoms with Crippen molar-refractivity contribution < 1.29 is 49.3 Å². The molecule has 504 valence electrons. The van der Waals surface area contributed by atoms with Crippen LogP contribution in [0.15, 0.2) is 48.6 Å². The molecule has 1 fully saturated rings. The molecule has 1 rings (SSSR count). The molecular formula is C75H139NO10. The fourth-order valence-corrected chi connectivity index (χ4v) is 11.6. The lowest BCUT2D eigenvalue weighted by Crippen LogP contribution is -2.60. The van der Waals surface area contributed by atoms with Crippen LogP contribution in [0.1, 0.15) is 354 Å². The maximum Gasteiger partial charge on any atom is 0.305 e. The van der Waals surface area contributed by atoms with Gasteiger partial charge in [-0.3, -0.25) is 9.59 Å². The van der Waals surface area contributed by atoms with Crippen molar-refractivity contribution in [1.82, 2.24) is 5.32 Å². The Morgan fingerprint density at radius 1 is 0.430 bits per heavy atom. The molecule has 1 aliphatic heterocycles. The van der Waals surface area contributed by atoms with E-state index in [1.54, 1.807) is 6.08 Å². The summed E-state index contributed by atoms with van der Waals surface area (Å²) in [5.41, 5.74) is 0. The summed E-state index contributed by atoms with van der Waals surface area (Å²) < 4.78 is 16.7. The van der Waals surface area contributed by atoms with Gasteiger partial charge in [0, 0.05) is 12.8 Å². The fraction of sp³-hybridized carbons (Fsp3) is 0.867. The lowest BCUT2D eigenvalue weighted by molar-refractivity contribution is -0.302. The minimum Gasteiger partial charge on any atom is -0.466 e. The van der Waals surface area contributed by atoms with Crippen molar-refractivity contribution >= 4 is 11.9 Å². The number of allylic oxidation sites excluding steroid dienone is 7. The van der Waals surface area contributed by atoms with Crippen molar-refractivity contribution in [2.45, 2.75) is 397 Å². The molecule has 0 aromatic carbocycles. The summed E-state index contributed by atoms with van der Waals surface area (Å²) in [6, 6.07) is -0.825. The molecule has 1 aliphatic rings. The third-order valence-electron chi connectivity index (χ3n) is 17.4. The Bertz CT molecular complexity index is 1570. The zero-order chi connectivity index (χ0) is 62.3. The number of nitrogens with one attached hydrogen (secondary N) is 1. The van der Waals surface area contributed by atoms with Crippen molar-refractivity contribution in [2.24, 2.45) is 0 Å². The largest absolute Gasteiger partial charge is 0.466 e. The molecule has 7 unspecified atom stereocenters. The number of hydrogen-bond acceptors (Lipinski definition) is 10. The first-order valence-corrected chi connectivity index (χ1v) is 36.9. The highest BCUT2D eigenvalue weighted by Gasteiger charge is 2.44. The summed E-state index contributed by atoms with van der Waals surface area (Å²) in [6.07, 6.45) is 74.2. The predicted octanol–water partition coefficient (Wildman–Crippen LogP) is 19.1. The molecule has 1 saturated heterocycles. The van der Waals surface area contributed by atoms with E-state index in [0.717, 1.165) is 57.8 Å². The molecule has 0 aromatic rings. The lowest BCUT2D eigenvalue weighted by atomic mass is 9.99. The topological polar surface area (TPSA) is 175 Å². The number of carbonyl (C=O) groups is 2. The van der Waals surface area contributed by atoms with Gasteiger partial charge in [0.1, 0.15) is 24.4 Å². The van der Waals surface area contributed by atoms with Crippen LogP contribution in [0.25, 0.3) is 0 Å². The average molecular weight is 1210 g/mol. The monoisotopic (exact) mass is 1210 g/mol. The summed E-state index contributed by atoms with van der Waals surface area (Å²) in [6.45, 7) is 4.32. The molecule has 11 nitrogen and oxygen atoms in total. The summed E-state index contributed by atoms with van der Waals surface area (Å²) in [5, 5.41) is 54.3. The van der Waals surface area contributed by atoms with E-state index in [1.165, 1.54) is 270 Å². The molecule has 0 aliphatic carbocycles. The standard InChI is InChI=1S/C75H139NO10/c1-3-5-7-9-11-13-15-39-43-47-51-55-59-63-71(80)84-64-60-56-52-48-44-41-38-36-34-32-30-28-26-24-22-20-18-16-17-19-21-23-25-27-29-31-33-35-37-40-42-46-50-54-58-62-70(79)76-67(66-85-75-74(83)73(82)72(81)69(65-77)86-75)68(78)61-57-53-49-45-14-12-10-8-6-4-2/h14,18,20,24,26,45,57,61,67-69,72-75,77-78,81-83H,3-13,15-17,19,21-23,25,27-44,46-56,58-60,62-66H2,1-2H3,(H,76,79)/b20-18-,26-24-,45-14+,61-57+. The van der Waals surface area contributed by atoms with E-state index in [-0.39, 0.29) is 18.5 Å². The van der Waals surface area contributed by atoms with Crippen LogP contribution in [0.2, 0.25) is 0 Å². The molecule has 11 heteroatoms. The minimum absolute atomic E-state index is 0.0116. The summed E-state index contributed by atoms with van der Waals surface area (Å²) in [5.74, 6) is -0.179. The van der Waals surface area contributed by atoms with Gasteiger partial charge in [-0.05, 0) is 77.0 Å². The van der Waals surface area contributed by atoms with E-state index in [9.17, 15) is 35.1 Å². The molecule has 0 spiro atoms. The second kappa shape index (κ2) is 64.2. The van der Waals surface area contributed by atoms with Crippen LogP contribution < -0.4 is 5.32 Å². The number of amides is 1. The Hall–Kier alpha value is -2.38. The number of ether oxygens (including phenoxy) is 3. The summed E-state index contributed by atoms with van der Waals surface area (Å²) in [7, 11) is 0. The number of rotatable bonds is 65. The Morgan fingerprint density at radius 3 is 1.23 bits per heavy atom. The normalized spacial score (nSPS) is 18.2. The quantitative estimate of drug-likeness (QED) is 0.0195. The number of esters is 1. The molecule has 0 radical (unpaired) electrons. The van der Waals surface area contributed by atoms with Crippen LogP contribution in [0, 0.1) is 0 Å². The van der Waals surface area contributed by atoms with Gasteiger partial charge in [-0.1, -0.05) is 313 Å². The number of aliphatic hydroxyl groups is 5. The summed E-state index contributed by atoms with van der Waals surface area (Å²) >= 11 is 0. The van der Waals surface area contributed by atoms with Crippen molar-refractivity contribution in [3.05, 3.63) is 48.6 Å². The van der Waals surface area contributed by atoms with E-state index in [2.05, 4.69) is 55.6 Å². The van der Waals surface area contributed by atoms with Gasteiger partial charge in [0.05, 0.1) is 32.0 Å². The SMILES string of the molecule is CCCCCC/C=C/CC/C=C/C(O)C(COC1OC(CO)C(O)C(O)C1O)NC(=O)CCCCCCCCCCCCCCCCCCC/C=C\C/C=C\CCCCCCCCCCCCCOC(=O)CCCCCCCCCCCCCCC. The molecule has 0 aromatic heterocycles.